The van der Waals surface area contributed by atoms with Gasteiger partial charge in [-0.3, -0.25) is 9.36 Å². The van der Waals surface area contributed by atoms with E-state index < -0.39 is 20.0 Å². The number of aliphatic hydroxyl groups excluding tert-OH is 1. The van der Waals surface area contributed by atoms with Crippen LogP contribution < -0.4 is 10.2 Å². The second-order valence-electron chi connectivity index (χ2n) is 22.1. The van der Waals surface area contributed by atoms with E-state index in [0.29, 0.717) is 17.4 Å². The summed E-state index contributed by atoms with van der Waals surface area (Å²) in [6, 6.07) is -0.880. The lowest BCUT2D eigenvalue weighted by molar-refractivity contribution is -0.870. The van der Waals surface area contributed by atoms with E-state index in [4.69, 9.17) is 9.05 Å². The minimum Gasteiger partial charge on any atom is -0.756 e. The molecule has 0 saturated heterocycles. The standard InChI is InChI=1S/C60H119N2O6P/c1-6-8-10-12-14-16-17-18-19-20-21-22-23-24-25-26-27-28-29-30-31-32-33-34-35-36-37-38-39-40-41-42-43-44-45-46-48-50-52-54-60(64)61-58(57-68-69(65,66)67-56-55-62(3,4)5)59(63)53-51-49-47-15-13-11-9-7-2/h20-21,51,53,58-59,63H,6-19,22-50,52,54-57H2,1-5H3,(H-,61,64,65,66)/b21-20-,53-51+. The van der Waals surface area contributed by atoms with Gasteiger partial charge < -0.3 is 28.8 Å². The molecule has 0 aromatic rings. The number of nitrogens with one attached hydrogen (secondary N) is 1. The summed E-state index contributed by atoms with van der Waals surface area (Å²) >= 11 is 0. The van der Waals surface area contributed by atoms with Crippen LogP contribution in [0.2, 0.25) is 0 Å². The molecule has 0 bridgehead atoms. The average Bonchev–Trinajstić information content (AvgIpc) is 3.31. The second kappa shape index (κ2) is 51.9. The molecule has 3 atom stereocenters. The molecule has 9 heteroatoms. The molecule has 0 heterocycles. The third-order valence-corrected chi connectivity index (χ3v) is 14.9. The molecule has 0 rings (SSSR count). The zero-order chi connectivity index (χ0) is 50.6. The molecule has 0 aliphatic carbocycles. The molecule has 1 amide bonds. The first kappa shape index (κ1) is 68.0. The predicted molar refractivity (Wildman–Crippen MR) is 298 cm³/mol. The Hall–Kier alpha value is -1.02. The number of nitrogens with zero attached hydrogens (tertiary/aromatic N) is 1. The number of quaternary nitrogens is 1. The minimum atomic E-state index is -4.58. The highest BCUT2D eigenvalue weighted by atomic mass is 31.2. The summed E-state index contributed by atoms with van der Waals surface area (Å²) in [5.74, 6) is -0.195. The third-order valence-electron chi connectivity index (χ3n) is 13.9. The first-order valence-electron chi connectivity index (χ1n) is 30.2. The minimum absolute atomic E-state index is 0.00112. The number of hydrogen-bond acceptors (Lipinski definition) is 6. The van der Waals surface area contributed by atoms with Crippen molar-refractivity contribution in [2.45, 2.75) is 315 Å². The summed E-state index contributed by atoms with van der Waals surface area (Å²) in [6.45, 7) is 4.63. The van der Waals surface area contributed by atoms with E-state index in [-0.39, 0.29) is 19.1 Å². The number of likely N-dealkylation sites (N-methyl/N-ethyl adjacent to an activating group) is 1. The molecule has 3 unspecified atom stereocenters. The van der Waals surface area contributed by atoms with Crippen molar-refractivity contribution in [1.82, 2.24) is 5.32 Å². The van der Waals surface area contributed by atoms with Crippen molar-refractivity contribution in [3.63, 3.8) is 0 Å². The first-order valence-corrected chi connectivity index (χ1v) is 31.7. The molecule has 0 fully saturated rings. The molecule has 0 aliphatic rings. The summed E-state index contributed by atoms with van der Waals surface area (Å²) in [5, 5.41) is 13.7. The Bertz CT molecular complexity index is 1170. The number of amides is 1. The monoisotopic (exact) mass is 995 g/mol. The molecule has 0 aliphatic heterocycles. The van der Waals surface area contributed by atoms with Gasteiger partial charge in [-0.25, -0.2) is 0 Å². The van der Waals surface area contributed by atoms with E-state index in [9.17, 15) is 19.4 Å². The SMILES string of the molecule is CCCCCCCC/C=C/C(O)C(COP(=O)([O-])OCC[N+](C)(C)C)NC(=O)CCCCCCCCCCCCCCCCCCCCCCCCCCCCC/C=C\CCCCCCCCCC. The topological polar surface area (TPSA) is 108 Å². The zero-order valence-electron chi connectivity index (χ0n) is 46.8. The normalized spacial score (nSPS) is 14.0. The Balaban J connectivity index is 3.73. The van der Waals surface area contributed by atoms with Crippen molar-refractivity contribution in [3.8, 4) is 0 Å². The quantitative estimate of drug-likeness (QED) is 0.0272. The van der Waals surface area contributed by atoms with Crippen LogP contribution in [-0.2, 0) is 18.4 Å². The summed E-state index contributed by atoms with van der Waals surface area (Å²) in [5.41, 5.74) is 0. The van der Waals surface area contributed by atoms with Gasteiger partial charge in [0.2, 0.25) is 5.91 Å². The highest BCUT2D eigenvalue weighted by molar-refractivity contribution is 7.45. The Labute approximate surface area is 430 Å². The van der Waals surface area contributed by atoms with Crippen LogP contribution in [0.4, 0.5) is 0 Å². The van der Waals surface area contributed by atoms with Crippen LogP contribution in [0.1, 0.15) is 303 Å². The molecule has 8 nitrogen and oxygen atoms in total. The van der Waals surface area contributed by atoms with E-state index in [2.05, 4.69) is 31.3 Å². The molecule has 0 saturated carbocycles. The highest BCUT2D eigenvalue weighted by Crippen LogP contribution is 2.38. The number of phosphoric ester groups is 1. The molecular weight excluding hydrogens is 876 g/mol. The van der Waals surface area contributed by atoms with Gasteiger partial charge >= 0.3 is 0 Å². The van der Waals surface area contributed by atoms with E-state index >= 15 is 0 Å². The van der Waals surface area contributed by atoms with Gasteiger partial charge in [-0.15, -0.1) is 0 Å². The lowest BCUT2D eigenvalue weighted by atomic mass is 10.0. The molecular formula is C60H119N2O6P. The van der Waals surface area contributed by atoms with Crippen LogP contribution in [-0.4, -0.2) is 68.5 Å². The number of phosphoric acid groups is 1. The van der Waals surface area contributed by atoms with Crippen LogP contribution in [0, 0.1) is 0 Å². The largest absolute Gasteiger partial charge is 0.756 e. The zero-order valence-corrected chi connectivity index (χ0v) is 47.7. The lowest BCUT2D eigenvalue weighted by Crippen LogP contribution is -2.45. The van der Waals surface area contributed by atoms with Crippen molar-refractivity contribution >= 4 is 13.7 Å². The molecule has 0 radical (unpaired) electrons. The van der Waals surface area contributed by atoms with Gasteiger partial charge in [0, 0.05) is 6.42 Å². The lowest BCUT2D eigenvalue weighted by Gasteiger charge is -2.29. The van der Waals surface area contributed by atoms with Crippen molar-refractivity contribution in [3.05, 3.63) is 24.3 Å². The van der Waals surface area contributed by atoms with Crippen LogP contribution in [0.15, 0.2) is 24.3 Å². The fourth-order valence-corrected chi connectivity index (χ4v) is 9.87. The summed E-state index contributed by atoms with van der Waals surface area (Å²) in [7, 11) is 1.27. The Kier molecular flexibility index (Phi) is 51.1. The summed E-state index contributed by atoms with van der Waals surface area (Å²) in [4.78, 5) is 25.3. The highest BCUT2D eigenvalue weighted by Gasteiger charge is 2.23. The molecule has 0 spiro atoms. The maximum absolute atomic E-state index is 12.9. The fraction of sp³-hybridized carbons (Fsp3) is 0.917. The molecule has 2 N–H and O–H groups in total. The number of carbonyl (C=O) groups excluding carboxylic acids is 1. The molecule has 0 aromatic carbocycles. The number of hydrogen-bond donors (Lipinski definition) is 2. The van der Waals surface area contributed by atoms with Gasteiger partial charge in [-0.05, 0) is 44.9 Å². The fourth-order valence-electron chi connectivity index (χ4n) is 9.15. The second-order valence-corrected chi connectivity index (χ2v) is 23.5. The number of aliphatic hydroxyl groups is 1. The van der Waals surface area contributed by atoms with E-state index in [0.717, 1.165) is 38.5 Å². The van der Waals surface area contributed by atoms with Gasteiger partial charge in [0.05, 0.1) is 39.9 Å². The predicted octanol–water partition coefficient (Wildman–Crippen LogP) is 17.7. The van der Waals surface area contributed by atoms with E-state index in [1.54, 1.807) is 6.08 Å². The Morgan fingerprint density at radius 2 is 0.797 bits per heavy atom. The average molecular weight is 996 g/mol. The maximum Gasteiger partial charge on any atom is 0.268 e. The number of carbonyl (C=O) groups is 1. The molecule has 0 aromatic heterocycles. The third kappa shape index (κ3) is 54.6. The Morgan fingerprint density at radius 3 is 1.13 bits per heavy atom. The summed E-state index contributed by atoms with van der Waals surface area (Å²) < 4.78 is 23.2. The van der Waals surface area contributed by atoms with Crippen LogP contribution >= 0.6 is 7.82 Å². The molecule has 410 valence electrons. The van der Waals surface area contributed by atoms with Gasteiger partial charge in [-0.2, -0.15) is 0 Å². The maximum atomic E-state index is 12.9. The van der Waals surface area contributed by atoms with E-state index in [1.807, 2.05) is 27.2 Å². The van der Waals surface area contributed by atoms with Crippen molar-refractivity contribution in [1.29, 1.82) is 0 Å². The first-order chi connectivity index (χ1) is 33.5. The van der Waals surface area contributed by atoms with Gasteiger partial charge in [0.15, 0.2) is 0 Å². The summed E-state index contributed by atoms with van der Waals surface area (Å²) in [6.07, 6.45) is 66.1. The van der Waals surface area contributed by atoms with E-state index in [1.165, 1.54) is 244 Å². The number of allylic oxidation sites excluding steroid dienone is 3. The van der Waals surface area contributed by atoms with Crippen molar-refractivity contribution in [2.75, 3.05) is 40.9 Å². The van der Waals surface area contributed by atoms with Crippen LogP contribution in [0.5, 0.6) is 0 Å². The van der Waals surface area contributed by atoms with Gasteiger partial charge in [0.25, 0.3) is 7.82 Å². The number of rotatable bonds is 56. The van der Waals surface area contributed by atoms with Gasteiger partial charge in [-0.1, -0.05) is 276 Å². The number of unbranched alkanes of at least 4 members (excludes halogenated alkanes) is 41. The van der Waals surface area contributed by atoms with Crippen LogP contribution in [0.3, 0.4) is 0 Å². The Morgan fingerprint density at radius 1 is 0.493 bits per heavy atom. The smallest absolute Gasteiger partial charge is 0.268 e. The van der Waals surface area contributed by atoms with Gasteiger partial charge in [0.1, 0.15) is 13.2 Å². The van der Waals surface area contributed by atoms with Crippen molar-refractivity contribution < 1.29 is 32.9 Å². The van der Waals surface area contributed by atoms with Crippen LogP contribution in [0.25, 0.3) is 0 Å². The van der Waals surface area contributed by atoms with Crippen molar-refractivity contribution in [2.24, 2.45) is 0 Å². The molecule has 69 heavy (non-hydrogen) atoms.